The Labute approximate surface area is 96.0 Å². The third kappa shape index (κ3) is 2.65. The fourth-order valence-electron chi connectivity index (χ4n) is 0.951. The summed E-state index contributed by atoms with van der Waals surface area (Å²) in [6, 6.07) is -0.482. The van der Waals surface area contributed by atoms with Crippen molar-refractivity contribution in [2.45, 2.75) is 19.9 Å². The lowest BCUT2D eigenvalue weighted by Crippen LogP contribution is -2.37. The maximum absolute atomic E-state index is 11.6. The average Bonchev–Trinajstić information content (AvgIpc) is 2.47. The Morgan fingerprint density at radius 2 is 2.20 bits per heavy atom. The SMILES string of the molecule is CC(=O)C(C)NC(=O)c1cnn(C)c1Br. The predicted octanol–water partition coefficient (Wildman–Crippen LogP) is 0.890. The normalized spacial score (nSPS) is 12.3. The van der Waals surface area contributed by atoms with Gasteiger partial charge in [-0.25, -0.2) is 0 Å². The third-order valence-corrected chi connectivity index (χ3v) is 3.01. The van der Waals surface area contributed by atoms with E-state index < -0.39 is 6.04 Å². The summed E-state index contributed by atoms with van der Waals surface area (Å²) in [5, 5.41) is 6.49. The molecule has 1 rings (SSSR count). The number of Topliss-reactive ketones (excluding diaryl/α,β-unsaturated/α-hetero) is 1. The lowest BCUT2D eigenvalue weighted by atomic mass is 10.2. The summed E-state index contributed by atoms with van der Waals surface area (Å²) in [4.78, 5) is 22.6. The number of halogens is 1. The Bertz CT molecular complexity index is 400. The Morgan fingerprint density at radius 3 is 2.60 bits per heavy atom. The van der Waals surface area contributed by atoms with Gasteiger partial charge in [-0.3, -0.25) is 14.3 Å². The molecule has 5 nitrogen and oxygen atoms in total. The second kappa shape index (κ2) is 4.57. The second-order valence-electron chi connectivity index (χ2n) is 3.28. The molecule has 0 aliphatic rings. The van der Waals surface area contributed by atoms with E-state index in [1.54, 1.807) is 14.0 Å². The zero-order valence-corrected chi connectivity index (χ0v) is 10.3. The minimum absolute atomic E-state index is 0.0802. The summed E-state index contributed by atoms with van der Waals surface area (Å²) < 4.78 is 2.13. The van der Waals surface area contributed by atoms with Gasteiger partial charge in [-0.15, -0.1) is 0 Å². The summed E-state index contributed by atoms with van der Waals surface area (Å²) in [5.74, 6) is -0.388. The van der Waals surface area contributed by atoms with Crippen LogP contribution in [-0.2, 0) is 11.8 Å². The largest absolute Gasteiger partial charge is 0.342 e. The predicted molar refractivity (Wildman–Crippen MR) is 58.5 cm³/mol. The zero-order chi connectivity index (χ0) is 11.6. The molecule has 6 heteroatoms. The van der Waals surface area contributed by atoms with Gasteiger partial charge in [0.25, 0.3) is 5.91 Å². The van der Waals surface area contributed by atoms with E-state index in [0.717, 1.165) is 0 Å². The second-order valence-corrected chi connectivity index (χ2v) is 4.03. The molecule has 1 heterocycles. The average molecular weight is 274 g/mol. The van der Waals surface area contributed by atoms with Gasteiger partial charge in [0.05, 0.1) is 17.8 Å². The van der Waals surface area contributed by atoms with Crippen LogP contribution in [0.4, 0.5) is 0 Å². The van der Waals surface area contributed by atoms with Crippen molar-refractivity contribution in [2.75, 3.05) is 0 Å². The van der Waals surface area contributed by atoms with E-state index >= 15 is 0 Å². The number of carbonyl (C=O) groups excluding carboxylic acids is 2. The van der Waals surface area contributed by atoms with Crippen LogP contribution >= 0.6 is 15.9 Å². The van der Waals surface area contributed by atoms with E-state index in [1.165, 1.54) is 17.8 Å². The van der Waals surface area contributed by atoms with Crippen molar-refractivity contribution in [3.63, 3.8) is 0 Å². The first-order valence-electron chi connectivity index (χ1n) is 4.42. The van der Waals surface area contributed by atoms with Gasteiger partial charge in [0.1, 0.15) is 4.60 Å². The van der Waals surface area contributed by atoms with Gasteiger partial charge in [-0.1, -0.05) is 0 Å². The highest BCUT2D eigenvalue weighted by atomic mass is 79.9. The van der Waals surface area contributed by atoms with Gasteiger partial charge >= 0.3 is 0 Å². The topological polar surface area (TPSA) is 64.0 Å². The van der Waals surface area contributed by atoms with Crippen molar-refractivity contribution in [1.29, 1.82) is 0 Å². The Morgan fingerprint density at radius 1 is 1.60 bits per heavy atom. The summed E-state index contributed by atoms with van der Waals surface area (Å²) in [6.45, 7) is 3.08. The van der Waals surface area contributed by atoms with Crippen molar-refractivity contribution >= 4 is 27.6 Å². The van der Waals surface area contributed by atoms with Crippen LogP contribution in [0.25, 0.3) is 0 Å². The molecule has 0 aliphatic carbocycles. The van der Waals surface area contributed by atoms with E-state index in [2.05, 4.69) is 26.3 Å². The molecule has 0 aliphatic heterocycles. The third-order valence-electron chi connectivity index (χ3n) is 2.07. The Balaban J connectivity index is 2.78. The van der Waals surface area contributed by atoms with E-state index in [-0.39, 0.29) is 11.7 Å². The lowest BCUT2D eigenvalue weighted by Gasteiger charge is -2.09. The number of ketones is 1. The minimum atomic E-state index is -0.482. The van der Waals surface area contributed by atoms with Crippen LogP contribution in [-0.4, -0.2) is 27.5 Å². The summed E-state index contributed by atoms with van der Waals surface area (Å²) >= 11 is 3.23. The Kier molecular flexibility index (Phi) is 3.62. The smallest absolute Gasteiger partial charge is 0.256 e. The molecular weight excluding hydrogens is 262 g/mol. The molecule has 1 unspecified atom stereocenters. The minimum Gasteiger partial charge on any atom is -0.342 e. The number of nitrogens with zero attached hydrogens (tertiary/aromatic N) is 2. The van der Waals surface area contributed by atoms with Gasteiger partial charge in [0.2, 0.25) is 0 Å². The van der Waals surface area contributed by atoms with Crippen LogP contribution < -0.4 is 5.32 Å². The number of carbonyl (C=O) groups is 2. The molecule has 82 valence electrons. The number of aryl methyl sites for hydroxylation is 1. The molecule has 0 fully saturated rings. The number of aromatic nitrogens is 2. The van der Waals surface area contributed by atoms with Crippen LogP contribution in [0.15, 0.2) is 10.8 Å². The molecule has 0 radical (unpaired) electrons. The molecule has 0 saturated heterocycles. The van der Waals surface area contributed by atoms with Gasteiger partial charge in [-0.05, 0) is 29.8 Å². The van der Waals surface area contributed by atoms with Crippen molar-refractivity contribution in [3.05, 3.63) is 16.4 Å². The van der Waals surface area contributed by atoms with Crippen LogP contribution in [0.5, 0.6) is 0 Å². The van der Waals surface area contributed by atoms with Crippen LogP contribution in [0, 0.1) is 0 Å². The molecule has 1 aromatic rings. The van der Waals surface area contributed by atoms with Gasteiger partial charge < -0.3 is 5.32 Å². The molecule has 0 spiro atoms. The van der Waals surface area contributed by atoms with Crippen molar-refractivity contribution in [1.82, 2.24) is 15.1 Å². The molecule has 1 amide bonds. The zero-order valence-electron chi connectivity index (χ0n) is 8.74. The first kappa shape index (κ1) is 11.9. The van der Waals surface area contributed by atoms with E-state index in [9.17, 15) is 9.59 Å². The highest BCUT2D eigenvalue weighted by Crippen LogP contribution is 2.14. The summed E-state index contributed by atoms with van der Waals surface area (Å²) in [6.07, 6.45) is 1.45. The van der Waals surface area contributed by atoms with Gasteiger partial charge in [0, 0.05) is 7.05 Å². The molecule has 15 heavy (non-hydrogen) atoms. The molecule has 1 N–H and O–H groups in total. The van der Waals surface area contributed by atoms with Crippen LogP contribution in [0.3, 0.4) is 0 Å². The molecular formula is C9H12BrN3O2. The van der Waals surface area contributed by atoms with Gasteiger partial charge in [0.15, 0.2) is 5.78 Å². The van der Waals surface area contributed by atoms with Crippen LogP contribution in [0.1, 0.15) is 24.2 Å². The summed E-state index contributed by atoms with van der Waals surface area (Å²) in [5.41, 5.74) is 0.422. The highest BCUT2D eigenvalue weighted by molar-refractivity contribution is 9.10. The fourth-order valence-corrected chi connectivity index (χ4v) is 1.32. The first-order chi connectivity index (χ1) is 6.93. The van der Waals surface area contributed by atoms with Crippen LogP contribution in [0.2, 0.25) is 0 Å². The molecule has 1 atom stereocenters. The van der Waals surface area contributed by atoms with E-state index in [0.29, 0.717) is 10.2 Å². The molecule has 0 aromatic carbocycles. The first-order valence-corrected chi connectivity index (χ1v) is 5.21. The maximum Gasteiger partial charge on any atom is 0.256 e. The van der Waals surface area contributed by atoms with Crippen molar-refractivity contribution in [3.8, 4) is 0 Å². The number of hydrogen-bond acceptors (Lipinski definition) is 3. The number of rotatable bonds is 3. The number of nitrogens with one attached hydrogen (secondary N) is 1. The molecule has 0 saturated carbocycles. The standard InChI is InChI=1S/C9H12BrN3O2/c1-5(6(2)14)12-9(15)7-4-11-13(3)8(7)10/h4-5H,1-3H3,(H,12,15). The fraction of sp³-hybridized carbons (Fsp3) is 0.444. The quantitative estimate of drug-likeness (QED) is 0.890. The summed E-state index contributed by atoms with van der Waals surface area (Å²) in [7, 11) is 1.72. The number of amides is 1. The molecule has 0 bridgehead atoms. The monoisotopic (exact) mass is 273 g/mol. The van der Waals surface area contributed by atoms with Crippen molar-refractivity contribution < 1.29 is 9.59 Å². The molecule has 1 aromatic heterocycles. The van der Waals surface area contributed by atoms with Crippen molar-refractivity contribution in [2.24, 2.45) is 7.05 Å². The Hall–Kier alpha value is -1.17. The maximum atomic E-state index is 11.6. The highest BCUT2D eigenvalue weighted by Gasteiger charge is 2.17. The number of hydrogen-bond donors (Lipinski definition) is 1. The lowest BCUT2D eigenvalue weighted by molar-refractivity contribution is -0.118. The van der Waals surface area contributed by atoms with E-state index in [1.807, 2.05) is 0 Å². The van der Waals surface area contributed by atoms with E-state index in [4.69, 9.17) is 0 Å². The van der Waals surface area contributed by atoms with Gasteiger partial charge in [-0.2, -0.15) is 5.10 Å².